The normalized spacial score (nSPS) is 23.5. The van der Waals surface area contributed by atoms with Crippen LogP contribution < -0.4 is 5.73 Å². The van der Waals surface area contributed by atoms with Gasteiger partial charge in [-0.05, 0) is 23.9 Å². The highest BCUT2D eigenvalue weighted by Crippen LogP contribution is 2.30. The Morgan fingerprint density at radius 3 is 2.40 bits per heavy atom. The molecule has 0 bridgehead atoms. The van der Waals surface area contributed by atoms with Crippen molar-refractivity contribution < 1.29 is 14.3 Å². The second-order valence-electron chi connectivity index (χ2n) is 3.11. The zero-order chi connectivity index (χ0) is 10.8. The molecule has 0 spiro atoms. The van der Waals surface area contributed by atoms with Gasteiger partial charge in [0.1, 0.15) is 0 Å². The van der Waals surface area contributed by atoms with Gasteiger partial charge in [-0.15, -0.1) is 0 Å². The van der Waals surface area contributed by atoms with E-state index in [1.54, 1.807) is 0 Å². The molecule has 2 rings (SSSR count). The first-order valence-corrected chi connectivity index (χ1v) is 5.21. The van der Waals surface area contributed by atoms with Gasteiger partial charge in [-0.3, -0.25) is 9.59 Å². The van der Waals surface area contributed by atoms with Crippen LogP contribution in [0.4, 0.5) is 0 Å². The molecule has 1 amide bonds. The maximum atomic E-state index is 11.5. The van der Waals surface area contributed by atoms with E-state index in [1.807, 2.05) is 30.3 Å². The van der Waals surface area contributed by atoms with Crippen molar-refractivity contribution in [2.45, 2.75) is 17.1 Å². The average Bonchev–Trinajstić information content (AvgIpc) is 2.98. The highest BCUT2D eigenvalue weighted by Gasteiger charge is 2.49. The van der Waals surface area contributed by atoms with Crippen LogP contribution in [-0.2, 0) is 14.3 Å². The summed E-state index contributed by atoms with van der Waals surface area (Å²) in [6.45, 7) is 0. The van der Waals surface area contributed by atoms with E-state index < -0.39 is 18.1 Å². The van der Waals surface area contributed by atoms with Crippen molar-refractivity contribution in [3.05, 3.63) is 30.3 Å². The summed E-state index contributed by atoms with van der Waals surface area (Å²) >= 11 is 1.06. The Bertz CT molecular complexity index is 393. The largest absolute Gasteiger partial charge is 0.367 e. The molecule has 4 nitrogen and oxygen atoms in total. The van der Waals surface area contributed by atoms with Crippen molar-refractivity contribution in [2.24, 2.45) is 5.73 Å². The second kappa shape index (κ2) is 4.04. The van der Waals surface area contributed by atoms with E-state index in [4.69, 9.17) is 10.5 Å². The van der Waals surface area contributed by atoms with Crippen molar-refractivity contribution in [1.29, 1.82) is 0 Å². The lowest BCUT2D eigenvalue weighted by molar-refractivity contribution is -0.119. The molecule has 2 N–H and O–H groups in total. The van der Waals surface area contributed by atoms with Gasteiger partial charge >= 0.3 is 0 Å². The van der Waals surface area contributed by atoms with E-state index in [9.17, 15) is 9.59 Å². The highest BCUT2D eigenvalue weighted by molar-refractivity contribution is 8.13. The number of primary amides is 1. The first-order valence-electron chi connectivity index (χ1n) is 4.40. The molecule has 2 unspecified atom stereocenters. The van der Waals surface area contributed by atoms with Crippen LogP contribution in [-0.4, -0.2) is 23.2 Å². The number of epoxide rings is 1. The van der Waals surface area contributed by atoms with Crippen LogP contribution in [0.1, 0.15) is 0 Å². The monoisotopic (exact) mass is 223 g/mol. The van der Waals surface area contributed by atoms with Crippen LogP contribution in [0.5, 0.6) is 0 Å². The predicted molar refractivity (Wildman–Crippen MR) is 55.2 cm³/mol. The summed E-state index contributed by atoms with van der Waals surface area (Å²) in [5.74, 6) is -0.581. The standard InChI is InChI=1S/C10H9NO3S/c11-9(12)7-8(14-7)10(13)15-6-4-2-1-3-5-6/h1-5,7-8H,(H2,11,12). The topological polar surface area (TPSA) is 72.7 Å². The van der Waals surface area contributed by atoms with Gasteiger partial charge in [0, 0.05) is 4.90 Å². The SMILES string of the molecule is NC(=O)C1OC1C(=O)Sc1ccccc1. The maximum Gasteiger partial charge on any atom is 0.249 e. The summed E-state index contributed by atoms with van der Waals surface area (Å²) < 4.78 is 4.87. The minimum absolute atomic E-state index is 0.176. The number of ether oxygens (including phenoxy) is 1. The molecule has 2 atom stereocenters. The third-order valence-electron chi connectivity index (χ3n) is 1.97. The molecule has 1 saturated heterocycles. The summed E-state index contributed by atoms with van der Waals surface area (Å²) in [5.41, 5.74) is 4.99. The van der Waals surface area contributed by atoms with Crippen LogP contribution in [0.3, 0.4) is 0 Å². The molecule has 15 heavy (non-hydrogen) atoms. The minimum atomic E-state index is -0.728. The van der Waals surface area contributed by atoms with Crippen molar-refractivity contribution in [2.75, 3.05) is 0 Å². The van der Waals surface area contributed by atoms with E-state index in [1.165, 1.54) is 0 Å². The zero-order valence-corrected chi connectivity index (χ0v) is 8.57. The van der Waals surface area contributed by atoms with Gasteiger partial charge in [-0.2, -0.15) is 0 Å². The molecule has 0 radical (unpaired) electrons. The number of hydrogen-bond donors (Lipinski definition) is 1. The Balaban J connectivity index is 1.92. The number of hydrogen-bond acceptors (Lipinski definition) is 4. The first-order chi connectivity index (χ1) is 7.18. The lowest BCUT2D eigenvalue weighted by Crippen LogP contribution is -2.21. The number of carbonyl (C=O) groups is 2. The maximum absolute atomic E-state index is 11.5. The molecule has 1 fully saturated rings. The van der Waals surface area contributed by atoms with E-state index in [0.717, 1.165) is 16.7 Å². The van der Waals surface area contributed by atoms with Crippen LogP contribution in [0.25, 0.3) is 0 Å². The van der Waals surface area contributed by atoms with Gasteiger partial charge in [0.05, 0.1) is 0 Å². The summed E-state index contributed by atoms with van der Waals surface area (Å²) in [7, 11) is 0. The fraction of sp³-hybridized carbons (Fsp3) is 0.200. The van der Waals surface area contributed by atoms with Gasteiger partial charge in [0.15, 0.2) is 12.2 Å². The molecule has 1 aromatic carbocycles. The minimum Gasteiger partial charge on any atom is -0.367 e. The van der Waals surface area contributed by atoms with E-state index >= 15 is 0 Å². The predicted octanol–water partition coefficient (Wildman–Crippen LogP) is 0.558. The van der Waals surface area contributed by atoms with Crippen LogP contribution in [0.2, 0.25) is 0 Å². The summed E-state index contributed by atoms with van der Waals surface area (Å²) in [6, 6.07) is 9.20. The van der Waals surface area contributed by atoms with Crippen molar-refractivity contribution >= 4 is 22.8 Å². The van der Waals surface area contributed by atoms with Gasteiger partial charge in [-0.1, -0.05) is 18.2 Å². The smallest absolute Gasteiger partial charge is 0.249 e. The summed E-state index contributed by atoms with van der Waals surface area (Å²) in [5, 5.41) is -0.176. The quantitative estimate of drug-likeness (QED) is 0.600. The van der Waals surface area contributed by atoms with Gasteiger partial charge < -0.3 is 10.5 Å². The Morgan fingerprint density at radius 2 is 1.87 bits per heavy atom. The number of nitrogens with two attached hydrogens (primary N) is 1. The first kappa shape index (κ1) is 10.2. The van der Waals surface area contributed by atoms with Crippen LogP contribution >= 0.6 is 11.8 Å². The molecule has 1 aromatic rings. The lowest BCUT2D eigenvalue weighted by Gasteiger charge is -1.96. The molecular formula is C10H9NO3S. The second-order valence-corrected chi connectivity index (χ2v) is 4.19. The average molecular weight is 223 g/mol. The number of amides is 1. The molecule has 0 saturated carbocycles. The Kier molecular flexibility index (Phi) is 2.75. The molecular weight excluding hydrogens is 214 g/mol. The molecule has 78 valence electrons. The molecule has 1 aliphatic rings. The zero-order valence-electron chi connectivity index (χ0n) is 7.75. The van der Waals surface area contributed by atoms with Gasteiger partial charge in [0.2, 0.25) is 11.0 Å². The number of benzene rings is 1. The number of thioether (sulfide) groups is 1. The molecule has 0 aromatic heterocycles. The summed E-state index contributed by atoms with van der Waals surface area (Å²) in [4.78, 5) is 23.0. The molecule has 0 aliphatic carbocycles. The number of rotatable bonds is 3. The number of carbonyl (C=O) groups excluding carboxylic acids is 2. The van der Waals surface area contributed by atoms with E-state index in [-0.39, 0.29) is 5.12 Å². The fourth-order valence-corrected chi connectivity index (χ4v) is 1.99. The fourth-order valence-electron chi connectivity index (χ4n) is 1.17. The van der Waals surface area contributed by atoms with E-state index in [2.05, 4.69) is 0 Å². The third kappa shape index (κ3) is 2.37. The van der Waals surface area contributed by atoms with Crippen molar-refractivity contribution in [1.82, 2.24) is 0 Å². The Hall–Kier alpha value is -1.33. The Labute approximate surface area is 90.8 Å². The molecule has 1 heterocycles. The van der Waals surface area contributed by atoms with Crippen molar-refractivity contribution in [3.8, 4) is 0 Å². The van der Waals surface area contributed by atoms with Crippen LogP contribution in [0.15, 0.2) is 35.2 Å². The van der Waals surface area contributed by atoms with Gasteiger partial charge in [-0.25, -0.2) is 0 Å². The lowest BCUT2D eigenvalue weighted by atomic mass is 10.3. The molecule has 5 heteroatoms. The highest BCUT2D eigenvalue weighted by atomic mass is 32.2. The van der Waals surface area contributed by atoms with Crippen LogP contribution in [0, 0.1) is 0 Å². The summed E-state index contributed by atoms with van der Waals surface area (Å²) in [6.07, 6.45) is -1.39. The third-order valence-corrected chi connectivity index (χ3v) is 2.91. The van der Waals surface area contributed by atoms with E-state index in [0.29, 0.717) is 0 Å². The Morgan fingerprint density at radius 1 is 1.20 bits per heavy atom. The molecule has 1 aliphatic heterocycles. The van der Waals surface area contributed by atoms with Crippen molar-refractivity contribution in [3.63, 3.8) is 0 Å². The van der Waals surface area contributed by atoms with Gasteiger partial charge in [0.25, 0.3) is 0 Å².